The second-order valence-corrected chi connectivity index (χ2v) is 8.17. The highest BCUT2D eigenvalue weighted by molar-refractivity contribution is 5.56. The van der Waals surface area contributed by atoms with Gasteiger partial charge in [0.1, 0.15) is 11.5 Å². The molecular weight excluding hydrogens is 412 g/mol. The second kappa shape index (κ2) is 13.3. The Labute approximate surface area is 198 Å². The van der Waals surface area contributed by atoms with E-state index in [1.165, 1.54) is 11.1 Å². The quantitative estimate of drug-likeness (QED) is 0.490. The fourth-order valence-corrected chi connectivity index (χ4v) is 3.90. The molecule has 174 valence electrons. The lowest BCUT2D eigenvalue weighted by Crippen LogP contribution is -1.98. The zero-order chi connectivity index (χ0) is 23.3. The summed E-state index contributed by atoms with van der Waals surface area (Å²) < 4.78 is 23.2. The lowest BCUT2D eigenvalue weighted by atomic mass is 10.0. The fraction of sp³-hybridized carbons (Fsp3) is 0.448. The van der Waals surface area contributed by atoms with Crippen LogP contribution >= 0.6 is 0 Å². The van der Waals surface area contributed by atoms with E-state index in [4.69, 9.17) is 18.9 Å². The second-order valence-electron chi connectivity index (χ2n) is 8.17. The van der Waals surface area contributed by atoms with Crippen LogP contribution in [0.4, 0.5) is 0 Å². The molecule has 0 radical (unpaired) electrons. The third kappa shape index (κ3) is 7.69. The molecule has 0 unspecified atom stereocenters. The van der Waals surface area contributed by atoms with Crippen molar-refractivity contribution < 1.29 is 18.9 Å². The van der Waals surface area contributed by atoms with E-state index in [0.717, 1.165) is 70.0 Å². The van der Waals surface area contributed by atoms with Gasteiger partial charge < -0.3 is 18.9 Å². The minimum Gasteiger partial charge on any atom is -0.497 e. The van der Waals surface area contributed by atoms with Crippen LogP contribution < -0.4 is 18.9 Å². The van der Waals surface area contributed by atoms with Gasteiger partial charge in [0.2, 0.25) is 5.75 Å². The van der Waals surface area contributed by atoms with Gasteiger partial charge in [-0.1, -0.05) is 24.7 Å². The molecule has 0 aromatic heterocycles. The van der Waals surface area contributed by atoms with E-state index >= 15 is 0 Å². The number of hydrogen-bond donors (Lipinski definition) is 0. The van der Waals surface area contributed by atoms with Crippen LogP contribution in [0.1, 0.15) is 62.5 Å². The lowest BCUT2D eigenvalue weighted by Gasteiger charge is -2.17. The molecule has 2 aromatic carbocycles. The number of methoxy groups -OCH3 is 3. The molecule has 4 rings (SSSR count). The fourth-order valence-electron chi connectivity index (χ4n) is 3.90. The Bertz CT molecular complexity index is 1010. The molecule has 4 nitrogen and oxygen atoms in total. The number of aryl methyl sites for hydroxylation is 2. The maximum Gasteiger partial charge on any atom is 0.211 e. The summed E-state index contributed by atoms with van der Waals surface area (Å²) in [5.41, 5.74) is 2.35. The van der Waals surface area contributed by atoms with Crippen molar-refractivity contribution in [2.24, 2.45) is 0 Å². The Balaban J connectivity index is 1.89. The van der Waals surface area contributed by atoms with Gasteiger partial charge in [-0.05, 0) is 85.8 Å². The smallest absolute Gasteiger partial charge is 0.211 e. The standard InChI is InChI=1S/C29H34O4/c1-30-25-18-23-16-14-12-10-8-6-4-5-7-9-11-13-15-17-24-20-27(31-2)29(28(21-24)32-3)33-26(19-23)22-25/h18-22H,8-17H2,1-3H3. The van der Waals surface area contributed by atoms with Crippen LogP contribution in [0.25, 0.3) is 0 Å². The average Bonchev–Trinajstić information content (AvgIpc) is 2.83. The number of benzene rings is 2. The van der Waals surface area contributed by atoms with E-state index in [1.54, 1.807) is 21.3 Å². The van der Waals surface area contributed by atoms with Gasteiger partial charge >= 0.3 is 0 Å². The first-order valence-electron chi connectivity index (χ1n) is 11.8. The molecule has 0 saturated carbocycles. The third-order valence-electron chi connectivity index (χ3n) is 5.69. The first kappa shape index (κ1) is 24.4. The van der Waals surface area contributed by atoms with E-state index in [1.807, 2.05) is 18.2 Å². The third-order valence-corrected chi connectivity index (χ3v) is 5.69. The van der Waals surface area contributed by atoms with Crippen LogP contribution in [-0.2, 0) is 12.8 Å². The van der Waals surface area contributed by atoms with Crippen LogP contribution in [0, 0.1) is 23.7 Å². The number of hydrogen-bond acceptors (Lipinski definition) is 4. The minimum absolute atomic E-state index is 0.582. The molecule has 0 spiro atoms. The van der Waals surface area contributed by atoms with Crippen molar-refractivity contribution in [3.63, 3.8) is 0 Å². The summed E-state index contributed by atoms with van der Waals surface area (Å²) >= 11 is 0. The molecule has 2 aromatic rings. The number of fused-ring (bicyclic) bond motifs is 13. The lowest BCUT2D eigenvalue weighted by molar-refractivity contribution is 0.344. The maximum atomic E-state index is 6.31. The molecule has 0 saturated heterocycles. The van der Waals surface area contributed by atoms with E-state index in [2.05, 4.69) is 35.8 Å². The highest BCUT2D eigenvalue weighted by atomic mass is 16.5. The Kier molecular flexibility index (Phi) is 9.86. The molecule has 2 heterocycles. The first-order valence-corrected chi connectivity index (χ1v) is 11.8. The zero-order valence-corrected chi connectivity index (χ0v) is 20.1. The van der Waals surface area contributed by atoms with Gasteiger partial charge in [0.25, 0.3) is 0 Å². The number of ether oxygens (including phenoxy) is 4. The summed E-state index contributed by atoms with van der Waals surface area (Å²) in [5, 5.41) is 0. The molecule has 2 aliphatic heterocycles. The Hall–Kier alpha value is -3.24. The van der Waals surface area contributed by atoms with Crippen molar-refractivity contribution in [2.75, 3.05) is 21.3 Å². The first-order chi connectivity index (χ1) is 16.2. The van der Waals surface area contributed by atoms with Crippen LogP contribution in [0.3, 0.4) is 0 Å². The SMILES string of the molecule is COc1cc2cc(c1)Oc1c(OC)cc(cc1OC)CCCCCC#CC#CCCCCC2. The summed E-state index contributed by atoms with van der Waals surface area (Å²) in [4.78, 5) is 0. The molecule has 0 fully saturated rings. The van der Waals surface area contributed by atoms with Crippen LogP contribution in [0.15, 0.2) is 30.3 Å². The summed E-state index contributed by atoms with van der Waals surface area (Å²) in [6.07, 6.45) is 10.3. The van der Waals surface area contributed by atoms with Gasteiger partial charge in [0.05, 0.1) is 21.3 Å². The van der Waals surface area contributed by atoms with Crippen molar-refractivity contribution in [1.82, 2.24) is 0 Å². The van der Waals surface area contributed by atoms with Crippen molar-refractivity contribution in [2.45, 2.75) is 64.2 Å². The van der Waals surface area contributed by atoms with E-state index in [9.17, 15) is 0 Å². The van der Waals surface area contributed by atoms with E-state index in [-0.39, 0.29) is 0 Å². The highest BCUT2D eigenvalue weighted by Crippen LogP contribution is 2.42. The minimum atomic E-state index is 0.582. The molecule has 0 N–H and O–H groups in total. The van der Waals surface area contributed by atoms with Crippen LogP contribution in [-0.4, -0.2) is 21.3 Å². The molecule has 0 aliphatic carbocycles. The summed E-state index contributed by atoms with van der Waals surface area (Å²) in [6.45, 7) is 0. The van der Waals surface area contributed by atoms with Crippen molar-refractivity contribution in [3.8, 4) is 52.4 Å². The maximum absolute atomic E-state index is 6.31. The topological polar surface area (TPSA) is 36.9 Å². The number of rotatable bonds is 3. The van der Waals surface area contributed by atoms with Gasteiger partial charge in [-0.15, -0.1) is 0 Å². The average molecular weight is 447 g/mol. The Morgan fingerprint density at radius 3 is 1.76 bits per heavy atom. The van der Waals surface area contributed by atoms with Crippen LogP contribution in [0.2, 0.25) is 0 Å². The van der Waals surface area contributed by atoms with Gasteiger partial charge in [-0.25, -0.2) is 0 Å². The molecular formula is C29H34O4. The molecule has 33 heavy (non-hydrogen) atoms. The molecule has 0 amide bonds. The van der Waals surface area contributed by atoms with Crippen molar-refractivity contribution >= 4 is 0 Å². The van der Waals surface area contributed by atoms with Gasteiger partial charge in [-0.2, -0.15) is 0 Å². The van der Waals surface area contributed by atoms with Gasteiger partial charge in [0, 0.05) is 18.9 Å². The van der Waals surface area contributed by atoms with Gasteiger partial charge in [-0.3, -0.25) is 0 Å². The predicted molar refractivity (Wildman–Crippen MR) is 133 cm³/mol. The Morgan fingerprint density at radius 2 is 1.21 bits per heavy atom. The summed E-state index contributed by atoms with van der Waals surface area (Å²) in [6, 6.07) is 10.1. The van der Waals surface area contributed by atoms with E-state index < -0.39 is 0 Å². The zero-order valence-electron chi connectivity index (χ0n) is 20.1. The Morgan fingerprint density at radius 1 is 0.636 bits per heavy atom. The summed E-state index contributed by atoms with van der Waals surface area (Å²) in [5.74, 6) is 15.7. The molecule has 4 heteroatoms. The van der Waals surface area contributed by atoms with Crippen molar-refractivity contribution in [3.05, 3.63) is 41.5 Å². The largest absolute Gasteiger partial charge is 0.497 e. The summed E-state index contributed by atoms with van der Waals surface area (Å²) in [7, 11) is 5.00. The molecule has 2 aliphatic rings. The van der Waals surface area contributed by atoms with Crippen molar-refractivity contribution in [1.29, 1.82) is 0 Å². The predicted octanol–water partition coefficient (Wildman–Crippen LogP) is 6.73. The molecule has 0 atom stereocenters. The molecule has 4 bridgehead atoms. The van der Waals surface area contributed by atoms with Gasteiger partial charge in [0.15, 0.2) is 11.5 Å². The normalized spacial score (nSPS) is 14.8. The highest BCUT2D eigenvalue weighted by Gasteiger charge is 2.16. The van der Waals surface area contributed by atoms with Crippen LogP contribution in [0.5, 0.6) is 28.7 Å². The monoisotopic (exact) mass is 446 g/mol. The van der Waals surface area contributed by atoms with E-state index in [0.29, 0.717) is 23.0 Å².